The lowest BCUT2D eigenvalue weighted by molar-refractivity contribution is -0.119. The lowest BCUT2D eigenvalue weighted by Crippen LogP contribution is -2.37. The maximum Gasteiger partial charge on any atom is 0.255 e. The van der Waals surface area contributed by atoms with Gasteiger partial charge in [0.2, 0.25) is 5.91 Å². The second-order valence-electron chi connectivity index (χ2n) is 4.92. The molecule has 1 aromatic rings. The van der Waals surface area contributed by atoms with E-state index in [2.05, 4.69) is 21.2 Å². The average Bonchev–Trinajstić information content (AvgIpc) is 2.75. The lowest BCUT2D eigenvalue weighted by Gasteiger charge is -2.17. The molecule has 102 valence electrons. The highest BCUT2D eigenvalue weighted by Crippen LogP contribution is 2.22. The molecule has 0 aliphatic carbocycles. The number of aryl methyl sites for hydroxylation is 1. The van der Waals surface area contributed by atoms with Crippen LogP contribution in [0.5, 0.6) is 0 Å². The van der Waals surface area contributed by atoms with Crippen LogP contribution in [-0.4, -0.2) is 35.8 Å². The van der Waals surface area contributed by atoms with Crippen LogP contribution in [0.25, 0.3) is 0 Å². The van der Waals surface area contributed by atoms with E-state index < -0.39 is 0 Å². The molecule has 1 saturated heterocycles. The number of carbonyl (C=O) groups is 2. The summed E-state index contributed by atoms with van der Waals surface area (Å²) in [5, 5.41) is 2.86. The highest BCUT2D eigenvalue weighted by molar-refractivity contribution is 9.10. The largest absolute Gasteiger partial charge is 0.352 e. The smallest absolute Gasteiger partial charge is 0.255 e. The summed E-state index contributed by atoms with van der Waals surface area (Å²) < 4.78 is 0.820. The van der Waals surface area contributed by atoms with Gasteiger partial charge in [-0.1, -0.05) is 6.07 Å². The van der Waals surface area contributed by atoms with Gasteiger partial charge in [-0.3, -0.25) is 9.59 Å². The second kappa shape index (κ2) is 5.74. The standard InChI is InChI=1S/C14H17BrN2O2/c1-9-3-4-12(13(15)7-9)14(19)17-6-5-11(8-17)16-10(2)18/h3-4,7,11H,5-6,8H2,1-2H3,(H,16,18). The van der Waals surface area contributed by atoms with Crippen molar-refractivity contribution in [1.29, 1.82) is 0 Å². The van der Waals surface area contributed by atoms with Crippen LogP contribution in [0.2, 0.25) is 0 Å². The normalized spacial score (nSPS) is 18.5. The molecule has 19 heavy (non-hydrogen) atoms. The number of carbonyl (C=O) groups excluding carboxylic acids is 2. The first kappa shape index (κ1) is 14.1. The zero-order chi connectivity index (χ0) is 14.0. The van der Waals surface area contributed by atoms with E-state index >= 15 is 0 Å². The summed E-state index contributed by atoms with van der Waals surface area (Å²) in [7, 11) is 0. The summed E-state index contributed by atoms with van der Waals surface area (Å²) in [6, 6.07) is 5.78. The third-order valence-corrected chi connectivity index (χ3v) is 3.89. The quantitative estimate of drug-likeness (QED) is 0.905. The fourth-order valence-electron chi connectivity index (χ4n) is 2.31. The first-order chi connectivity index (χ1) is 8.97. The fraction of sp³-hybridized carbons (Fsp3) is 0.429. The van der Waals surface area contributed by atoms with Crippen molar-refractivity contribution < 1.29 is 9.59 Å². The van der Waals surface area contributed by atoms with Crippen LogP contribution in [0, 0.1) is 6.92 Å². The Balaban J connectivity index is 2.07. The minimum absolute atomic E-state index is 0.0136. The Bertz CT molecular complexity index is 516. The predicted molar refractivity (Wildman–Crippen MR) is 77.0 cm³/mol. The summed E-state index contributed by atoms with van der Waals surface area (Å²) in [6.45, 7) is 4.76. The van der Waals surface area contributed by atoms with Gasteiger partial charge in [-0.05, 0) is 47.0 Å². The monoisotopic (exact) mass is 324 g/mol. The summed E-state index contributed by atoms with van der Waals surface area (Å²) >= 11 is 3.43. The Morgan fingerprint density at radius 1 is 1.42 bits per heavy atom. The van der Waals surface area contributed by atoms with Gasteiger partial charge in [-0.2, -0.15) is 0 Å². The van der Waals surface area contributed by atoms with Crippen molar-refractivity contribution in [1.82, 2.24) is 10.2 Å². The van der Waals surface area contributed by atoms with Crippen LogP contribution in [0.4, 0.5) is 0 Å². The topological polar surface area (TPSA) is 49.4 Å². The van der Waals surface area contributed by atoms with Crippen molar-refractivity contribution in [3.8, 4) is 0 Å². The van der Waals surface area contributed by atoms with Gasteiger partial charge >= 0.3 is 0 Å². The molecule has 1 heterocycles. The number of amides is 2. The molecule has 0 spiro atoms. The number of halogens is 1. The van der Waals surface area contributed by atoms with Crippen molar-refractivity contribution in [3.05, 3.63) is 33.8 Å². The van der Waals surface area contributed by atoms with Crippen LogP contribution < -0.4 is 5.32 Å². The Labute approximate surface area is 121 Å². The second-order valence-corrected chi connectivity index (χ2v) is 5.77. The maximum atomic E-state index is 12.4. The van der Waals surface area contributed by atoms with Gasteiger partial charge in [0.25, 0.3) is 5.91 Å². The zero-order valence-electron chi connectivity index (χ0n) is 11.1. The molecule has 2 rings (SSSR count). The number of rotatable bonds is 2. The fourth-order valence-corrected chi connectivity index (χ4v) is 2.98. The van der Waals surface area contributed by atoms with Crippen LogP contribution in [0.3, 0.4) is 0 Å². The van der Waals surface area contributed by atoms with Crippen LogP contribution in [-0.2, 0) is 4.79 Å². The third-order valence-electron chi connectivity index (χ3n) is 3.24. The van der Waals surface area contributed by atoms with Gasteiger partial charge in [0, 0.05) is 30.5 Å². The first-order valence-corrected chi connectivity index (χ1v) is 7.09. The zero-order valence-corrected chi connectivity index (χ0v) is 12.7. The van der Waals surface area contributed by atoms with Crippen molar-refractivity contribution >= 4 is 27.7 Å². The molecule has 1 atom stereocenters. The SMILES string of the molecule is CC(=O)NC1CCN(C(=O)c2ccc(C)cc2Br)C1. The average molecular weight is 325 g/mol. The summed E-state index contributed by atoms with van der Waals surface area (Å²) in [5.74, 6) is -0.0319. The molecule has 1 aliphatic rings. The van der Waals surface area contributed by atoms with Crippen LogP contribution in [0.15, 0.2) is 22.7 Å². The molecule has 1 aliphatic heterocycles. The van der Waals surface area contributed by atoms with Crippen molar-refractivity contribution in [2.45, 2.75) is 26.3 Å². The number of nitrogens with zero attached hydrogens (tertiary/aromatic N) is 1. The molecule has 0 bridgehead atoms. The summed E-state index contributed by atoms with van der Waals surface area (Å²) in [5.41, 5.74) is 1.79. The number of hydrogen-bond donors (Lipinski definition) is 1. The Morgan fingerprint density at radius 3 is 2.79 bits per heavy atom. The van der Waals surface area contributed by atoms with E-state index in [1.807, 2.05) is 25.1 Å². The molecule has 0 saturated carbocycles. The van der Waals surface area contributed by atoms with Crippen molar-refractivity contribution in [2.24, 2.45) is 0 Å². The molecular formula is C14H17BrN2O2. The molecule has 1 aromatic carbocycles. The van der Waals surface area contributed by atoms with Crippen molar-refractivity contribution in [2.75, 3.05) is 13.1 Å². The van der Waals surface area contributed by atoms with E-state index in [1.54, 1.807) is 4.90 Å². The summed E-state index contributed by atoms with van der Waals surface area (Å²) in [4.78, 5) is 25.2. The minimum Gasteiger partial charge on any atom is -0.352 e. The molecule has 0 aromatic heterocycles. The minimum atomic E-state index is -0.0455. The highest BCUT2D eigenvalue weighted by Gasteiger charge is 2.28. The van der Waals surface area contributed by atoms with E-state index in [9.17, 15) is 9.59 Å². The van der Waals surface area contributed by atoms with Gasteiger partial charge in [-0.25, -0.2) is 0 Å². The van der Waals surface area contributed by atoms with Gasteiger partial charge < -0.3 is 10.2 Å². The molecule has 2 amide bonds. The van der Waals surface area contributed by atoms with E-state index in [-0.39, 0.29) is 17.9 Å². The molecule has 0 radical (unpaired) electrons. The van der Waals surface area contributed by atoms with E-state index in [1.165, 1.54) is 6.92 Å². The predicted octanol–water partition coefficient (Wildman–Crippen LogP) is 2.11. The van der Waals surface area contributed by atoms with Crippen LogP contribution >= 0.6 is 15.9 Å². The number of hydrogen-bond acceptors (Lipinski definition) is 2. The molecular weight excluding hydrogens is 308 g/mol. The lowest BCUT2D eigenvalue weighted by atomic mass is 10.1. The highest BCUT2D eigenvalue weighted by atomic mass is 79.9. The summed E-state index contributed by atoms with van der Waals surface area (Å²) in [6.07, 6.45) is 0.814. The Hall–Kier alpha value is -1.36. The first-order valence-electron chi connectivity index (χ1n) is 6.30. The van der Waals surface area contributed by atoms with E-state index in [4.69, 9.17) is 0 Å². The molecule has 1 N–H and O–H groups in total. The number of likely N-dealkylation sites (tertiary alicyclic amines) is 1. The third kappa shape index (κ3) is 3.35. The Morgan fingerprint density at radius 2 is 2.16 bits per heavy atom. The molecule has 1 fully saturated rings. The number of nitrogens with one attached hydrogen (secondary N) is 1. The molecule has 1 unspecified atom stereocenters. The Kier molecular flexibility index (Phi) is 4.24. The van der Waals surface area contributed by atoms with Crippen molar-refractivity contribution in [3.63, 3.8) is 0 Å². The maximum absolute atomic E-state index is 12.4. The number of benzene rings is 1. The van der Waals surface area contributed by atoms with Gasteiger partial charge in [0.1, 0.15) is 0 Å². The van der Waals surface area contributed by atoms with Crippen LogP contribution in [0.1, 0.15) is 29.3 Å². The van der Waals surface area contributed by atoms with E-state index in [0.29, 0.717) is 18.7 Å². The van der Waals surface area contributed by atoms with Gasteiger partial charge in [0.15, 0.2) is 0 Å². The molecule has 5 heteroatoms. The molecule has 4 nitrogen and oxygen atoms in total. The van der Waals surface area contributed by atoms with Gasteiger partial charge in [0.05, 0.1) is 5.56 Å². The van der Waals surface area contributed by atoms with E-state index in [0.717, 1.165) is 16.5 Å². The van der Waals surface area contributed by atoms with Gasteiger partial charge in [-0.15, -0.1) is 0 Å².